The lowest BCUT2D eigenvalue weighted by Gasteiger charge is -2.13. The lowest BCUT2D eigenvalue weighted by molar-refractivity contribution is -0.120. The molecule has 5 nitrogen and oxygen atoms in total. The Labute approximate surface area is 185 Å². The molecule has 3 aromatic rings. The minimum absolute atomic E-state index is 0.110. The fourth-order valence-corrected chi connectivity index (χ4v) is 4.03. The molecule has 0 aliphatic rings. The number of halogens is 1. The van der Waals surface area contributed by atoms with E-state index in [4.69, 9.17) is 16.3 Å². The van der Waals surface area contributed by atoms with Crippen molar-refractivity contribution in [3.05, 3.63) is 76.9 Å². The van der Waals surface area contributed by atoms with Gasteiger partial charge in [-0.15, -0.1) is 0 Å². The predicted octanol–water partition coefficient (Wildman–Crippen LogP) is 5.31. The van der Waals surface area contributed by atoms with E-state index in [1.165, 1.54) is 11.8 Å². The van der Waals surface area contributed by atoms with Crippen LogP contribution in [0.1, 0.15) is 29.8 Å². The van der Waals surface area contributed by atoms with Gasteiger partial charge in [0.2, 0.25) is 5.91 Å². The molecule has 0 saturated heterocycles. The Bertz CT molecular complexity index is 1000. The Hall–Kier alpha value is -2.70. The number of rotatable bonds is 8. The van der Waals surface area contributed by atoms with Crippen LogP contribution < -0.4 is 5.32 Å². The van der Waals surface area contributed by atoms with E-state index in [-0.39, 0.29) is 12.5 Å². The van der Waals surface area contributed by atoms with E-state index in [1.54, 1.807) is 25.3 Å². The monoisotopic (exact) mass is 442 g/mol. The molecule has 3 rings (SSSR count). The summed E-state index contributed by atoms with van der Waals surface area (Å²) in [7, 11) is 0. The number of amides is 1. The van der Waals surface area contributed by atoms with Crippen LogP contribution in [0, 0.1) is 0 Å². The smallest absolute Gasteiger partial charge is 0.341 e. The van der Waals surface area contributed by atoms with Crippen LogP contribution in [-0.4, -0.2) is 28.7 Å². The topological polar surface area (TPSA) is 71.2 Å². The standard InChI is InChI=1S/C23H23ClN2O3S/c1-3-29-23(28)20-19(17-9-11-18(24)12-10-17)14-26-22(20)30-15(2)21(27)25-13-16-7-5-4-6-8-16/h4-12,14-15,26H,3,13H2,1-2H3,(H,25,27)/t15-/m0/s1. The van der Waals surface area contributed by atoms with E-state index < -0.39 is 11.2 Å². The van der Waals surface area contributed by atoms with Crippen LogP contribution in [0.5, 0.6) is 0 Å². The van der Waals surface area contributed by atoms with Gasteiger partial charge in [-0.3, -0.25) is 4.79 Å². The molecule has 0 saturated carbocycles. The average Bonchev–Trinajstić information content (AvgIpc) is 3.17. The molecule has 0 fully saturated rings. The molecule has 0 radical (unpaired) electrons. The van der Waals surface area contributed by atoms with Crippen LogP contribution in [0.15, 0.2) is 65.8 Å². The predicted molar refractivity (Wildman–Crippen MR) is 121 cm³/mol. The number of aromatic amines is 1. The zero-order chi connectivity index (χ0) is 21.5. The van der Waals surface area contributed by atoms with Gasteiger partial charge in [0.25, 0.3) is 0 Å². The zero-order valence-electron chi connectivity index (χ0n) is 16.8. The Morgan fingerprint density at radius 3 is 2.50 bits per heavy atom. The number of benzene rings is 2. The van der Waals surface area contributed by atoms with Crippen LogP contribution in [-0.2, 0) is 16.1 Å². The number of ether oxygens (including phenoxy) is 1. The van der Waals surface area contributed by atoms with Gasteiger partial charge in [-0.25, -0.2) is 4.79 Å². The first-order chi connectivity index (χ1) is 14.5. The minimum Gasteiger partial charge on any atom is -0.462 e. The fraction of sp³-hybridized carbons (Fsp3) is 0.217. The third-order valence-corrected chi connectivity index (χ3v) is 5.83. The number of H-pyrrole nitrogens is 1. The molecule has 0 unspecified atom stereocenters. The van der Waals surface area contributed by atoms with Gasteiger partial charge in [0.15, 0.2) is 0 Å². The van der Waals surface area contributed by atoms with Crippen LogP contribution in [0.25, 0.3) is 11.1 Å². The van der Waals surface area contributed by atoms with Gasteiger partial charge < -0.3 is 15.0 Å². The zero-order valence-corrected chi connectivity index (χ0v) is 18.3. The maximum Gasteiger partial charge on any atom is 0.341 e. The molecule has 7 heteroatoms. The van der Waals surface area contributed by atoms with Gasteiger partial charge in [-0.1, -0.05) is 65.8 Å². The van der Waals surface area contributed by atoms with Crippen molar-refractivity contribution in [2.75, 3.05) is 6.61 Å². The lowest BCUT2D eigenvalue weighted by Crippen LogP contribution is -2.30. The second-order valence-corrected chi connectivity index (χ2v) is 8.38. The van der Waals surface area contributed by atoms with E-state index in [0.29, 0.717) is 27.7 Å². The second-order valence-electron chi connectivity index (χ2n) is 6.60. The van der Waals surface area contributed by atoms with Gasteiger partial charge in [-0.05, 0) is 37.1 Å². The Morgan fingerprint density at radius 1 is 1.13 bits per heavy atom. The molecule has 30 heavy (non-hydrogen) atoms. The Morgan fingerprint density at radius 2 is 1.83 bits per heavy atom. The largest absolute Gasteiger partial charge is 0.462 e. The van der Waals surface area contributed by atoms with Crippen LogP contribution >= 0.6 is 23.4 Å². The van der Waals surface area contributed by atoms with Crippen LogP contribution in [0.4, 0.5) is 0 Å². The third kappa shape index (κ3) is 5.46. The maximum absolute atomic E-state index is 12.7. The van der Waals surface area contributed by atoms with Crippen molar-refractivity contribution in [1.82, 2.24) is 10.3 Å². The van der Waals surface area contributed by atoms with Gasteiger partial charge in [0.05, 0.1) is 22.4 Å². The van der Waals surface area contributed by atoms with Crippen LogP contribution in [0.2, 0.25) is 5.02 Å². The summed E-state index contributed by atoms with van der Waals surface area (Å²) in [5, 5.41) is 3.74. The Kier molecular flexibility index (Phi) is 7.60. The molecule has 1 amide bonds. The normalized spacial score (nSPS) is 11.7. The second kappa shape index (κ2) is 10.4. The van der Waals surface area contributed by atoms with Crippen molar-refractivity contribution in [2.45, 2.75) is 30.7 Å². The first-order valence-corrected chi connectivity index (χ1v) is 10.9. The number of carbonyl (C=O) groups is 2. The summed E-state index contributed by atoms with van der Waals surface area (Å²) in [5.41, 5.74) is 3.00. The summed E-state index contributed by atoms with van der Waals surface area (Å²) in [6.07, 6.45) is 1.76. The SMILES string of the molecule is CCOC(=O)c1c(-c2ccc(Cl)cc2)c[nH]c1S[C@@H](C)C(=O)NCc1ccccc1. The first kappa shape index (κ1) is 22.0. The quantitative estimate of drug-likeness (QED) is 0.366. The summed E-state index contributed by atoms with van der Waals surface area (Å²) in [6, 6.07) is 16.9. The molecule has 1 heterocycles. The Balaban J connectivity index is 1.78. The van der Waals surface area contributed by atoms with E-state index in [9.17, 15) is 9.59 Å². The molecule has 2 aromatic carbocycles. The van der Waals surface area contributed by atoms with E-state index in [1.807, 2.05) is 49.4 Å². The van der Waals surface area contributed by atoms with E-state index in [0.717, 1.165) is 11.1 Å². The number of hydrogen-bond donors (Lipinski definition) is 2. The number of aromatic nitrogens is 1. The van der Waals surface area contributed by atoms with Crippen molar-refractivity contribution in [3.63, 3.8) is 0 Å². The van der Waals surface area contributed by atoms with Crippen molar-refractivity contribution in [1.29, 1.82) is 0 Å². The summed E-state index contributed by atoms with van der Waals surface area (Å²) in [4.78, 5) is 28.4. The third-order valence-electron chi connectivity index (χ3n) is 4.45. The highest BCUT2D eigenvalue weighted by atomic mass is 35.5. The van der Waals surface area contributed by atoms with E-state index in [2.05, 4.69) is 10.3 Å². The van der Waals surface area contributed by atoms with Crippen molar-refractivity contribution in [2.24, 2.45) is 0 Å². The number of hydrogen-bond acceptors (Lipinski definition) is 4. The minimum atomic E-state index is -0.428. The average molecular weight is 443 g/mol. The lowest BCUT2D eigenvalue weighted by atomic mass is 10.1. The summed E-state index contributed by atoms with van der Waals surface area (Å²) in [6.45, 7) is 4.29. The highest BCUT2D eigenvalue weighted by Crippen LogP contribution is 2.34. The molecule has 2 N–H and O–H groups in total. The van der Waals surface area contributed by atoms with Crippen molar-refractivity contribution < 1.29 is 14.3 Å². The highest BCUT2D eigenvalue weighted by molar-refractivity contribution is 8.00. The van der Waals surface area contributed by atoms with E-state index >= 15 is 0 Å². The molecule has 1 atom stereocenters. The van der Waals surface area contributed by atoms with Gasteiger partial charge in [-0.2, -0.15) is 0 Å². The van der Waals surface area contributed by atoms with Crippen molar-refractivity contribution in [3.8, 4) is 11.1 Å². The molecule has 0 aliphatic carbocycles. The highest BCUT2D eigenvalue weighted by Gasteiger charge is 2.25. The summed E-state index contributed by atoms with van der Waals surface area (Å²) >= 11 is 7.28. The van der Waals surface area contributed by atoms with Crippen LogP contribution in [0.3, 0.4) is 0 Å². The number of nitrogens with one attached hydrogen (secondary N) is 2. The molecular formula is C23H23ClN2O3S. The fourth-order valence-electron chi connectivity index (χ4n) is 2.92. The van der Waals surface area contributed by atoms with Gasteiger partial charge >= 0.3 is 5.97 Å². The molecular weight excluding hydrogens is 420 g/mol. The first-order valence-electron chi connectivity index (χ1n) is 9.62. The number of esters is 1. The molecule has 0 bridgehead atoms. The van der Waals surface area contributed by atoms with Gasteiger partial charge in [0.1, 0.15) is 0 Å². The summed E-state index contributed by atoms with van der Waals surface area (Å²) < 4.78 is 5.26. The molecule has 0 aliphatic heterocycles. The summed E-state index contributed by atoms with van der Waals surface area (Å²) in [5.74, 6) is -0.538. The molecule has 0 spiro atoms. The molecule has 1 aromatic heterocycles. The number of carbonyl (C=O) groups excluding carboxylic acids is 2. The van der Waals surface area contributed by atoms with Gasteiger partial charge in [0, 0.05) is 23.3 Å². The maximum atomic E-state index is 12.7. The number of thioether (sulfide) groups is 1. The van der Waals surface area contributed by atoms with Crippen molar-refractivity contribution >= 4 is 35.2 Å². The molecule has 156 valence electrons.